The van der Waals surface area contributed by atoms with Gasteiger partial charge in [0.1, 0.15) is 11.5 Å². The van der Waals surface area contributed by atoms with Gasteiger partial charge < -0.3 is 20.1 Å². The normalized spacial score (nSPS) is 17.3. The monoisotopic (exact) mass is 330 g/mol. The molecule has 24 heavy (non-hydrogen) atoms. The van der Waals surface area contributed by atoms with Crippen LogP contribution in [0.5, 0.6) is 11.5 Å². The van der Waals surface area contributed by atoms with Crippen molar-refractivity contribution in [2.45, 2.75) is 18.9 Å². The Morgan fingerprint density at radius 1 is 1.33 bits per heavy atom. The van der Waals surface area contributed by atoms with Crippen LogP contribution in [0.1, 0.15) is 29.4 Å². The second-order valence-electron chi connectivity index (χ2n) is 5.70. The molecule has 0 radical (unpaired) electrons. The van der Waals surface area contributed by atoms with E-state index in [0.717, 1.165) is 25.9 Å². The first-order valence-electron chi connectivity index (χ1n) is 8.00. The molecule has 3 rings (SSSR count). The average molecular weight is 330 g/mol. The van der Waals surface area contributed by atoms with Crippen molar-refractivity contribution in [3.05, 3.63) is 36.2 Å². The van der Waals surface area contributed by atoms with Crippen LogP contribution < -0.4 is 20.1 Å². The fourth-order valence-electron chi connectivity index (χ4n) is 2.82. The molecule has 1 unspecified atom stereocenters. The molecular formula is C17H22N4O3. The number of benzene rings is 1. The van der Waals surface area contributed by atoms with Crippen LogP contribution in [-0.4, -0.2) is 43.0 Å². The van der Waals surface area contributed by atoms with Crippen molar-refractivity contribution in [3.8, 4) is 11.5 Å². The van der Waals surface area contributed by atoms with Gasteiger partial charge in [0.25, 0.3) is 5.91 Å². The van der Waals surface area contributed by atoms with Crippen LogP contribution in [0.15, 0.2) is 30.5 Å². The van der Waals surface area contributed by atoms with Crippen LogP contribution in [0.3, 0.4) is 0 Å². The highest BCUT2D eigenvalue weighted by Crippen LogP contribution is 2.29. The van der Waals surface area contributed by atoms with Crippen LogP contribution in [0, 0.1) is 0 Å². The lowest BCUT2D eigenvalue weighted by Gasteiger charge is -2.22. The Hall–Kier alpha value is -2.54. The molecule has 0 saturated carbocycles. The van der Waals surface area contributed by atoms with E-state index < -0.39 is 0 Å². The first-order chi connectivity index (χ1) is 11.7. The number of nitrogens with zero attached hydrogens (tertiary/aromatic N) is 2. The van der Waals surface area contributed by atoms with E-state index in [2.05, 4.69) is 15.7 Å². The molecule has 1 aliphatic rings. The Labute approximate surface area is 140 Å². The molecule has 7 nitrogen and oxygen atoms in total. The van der Waals surface area contributed by atoms with E-state index in [1.807, 2.05) is 10.9 Å². The molecule has 0 aliphatic carbocycles. The predicted octanol–water partition coefficient (Wildman–Crippen LogP) is 2.08. The number of nitrogens with one attached hydrogen (secondary N) is 2. The van der Waals surface area contributed by atoms with E-state index in [9.17, 15) is 4.79 Å². The second kappa shape index (κ2) is 7.35. The fraction of sp³-hybridized carbons (Fsp3) is 0.412. The maximum atomic E-state index is 12.5. The number of hydrogen-bond donors (Lipinski definition) is 2. The second-order valence-corrected chi connectivity index (χ2v) is 5.70. The van der Waals surface area contributed by atoms with Crippen molar-refractivity contribution in [1.29, 1.82) is 0 Å². The molecule has 1 aromatic carbocycles. The van der Waals surface area contributed by atoms with E-state index in [4.69, 9.17) is 9.47 Å². The van der Waals surface area contributed by atoms with Gasteiger partial charge in [0.05, 0.1) is 25.9 Å². The average Bonchev–Trinajstić information content (AvgIpc) is 3.12. The van der Waals surface area contributed by atoms with Crippen LogP contribution in [0.25, 0.3) is 0 Å². The summed E-state index contributed by atoms with van der Waals surface area (Å²) in [6.45, 7) is 1.92. The SMILES string of the molecule is COc1ccc(OC)c(NC(=O)c2ccn(C3CCCNC3)n2)c1. The van der Waals surface area contributed by atoms with Gasteiger partial charge in [0, 0.05) is 18.8 Å². The molecule has 1 amide bonds. The molecule has 128 valence electrons. The smallest absolute Gasteiger partial charge is 0.276 e. The summed E-state index contributed by atoms with van der Waals surface area (Å²) < 4.78 is 12.3. The summed E-state index contributed by atoms with van der Waals surface area (Å²) in [5.74, 6) is 0.939. The lowest BCUT2D eigenvalue weighted by atomic mass is 10.1. The zero-order valence-electron chi connectivity index (χ0n) is 13.9. The lowest BCUT2D eigenvalue weighted by Crippen LogP contribution is -2.32. The molecule has 1 atom stereocenters. The summed E-state index contributed by atoms with van der Waals surface area (Å²) in [4.78, 5) is 12.5. The summed E-state index contributed by atoms with van der Waals surface area (Å²) in [5.41, 5.74) is 0.932. The quantitative estimate of drug-likeness (QED) is 0.878. The van der Waals surface area contributed by atoms with E-state index in [-0.39, 0.29) is 5.91 Å². The number of rotatable bonds is 5. The Balaban J connectivity index is 1.74. The first kappa shape index (κ1) is 16.3. The third-order valence-corrected chi connectivity index (χ3v) is 4.14. The van der Waals surface area contributed by atoms with Gasteiger partial charge in [-0.2, -0.15) is 5.10 Å². The Morgan fingerprint density at radius 3 is 2.92 bits per heavy atom. The third kappa shape index (κ3) is 3.51. The molecular weight excluding hydrogens is 308 g/mol. The molecule has 2 heterocycles. The minimum atomic E-state index is -0.274. The lowest BCUT2D eigenvalue weighted by molar-refractivity contribution is 0.102. The summed E-state index contributed by atoms with van der Waals surface area (Å²) >= 11 is 0. The van der Waals surface area contributed by atoms with Crippen LogP contribution in [0.2, 0.25) is 0 Å². The maximum absolute atomic E-state index is 12.5. The van der Waals surface area contributed by atoms with Gasteiger partial charge in [-0.1, -0.05) is 0 Å². The van der Waals surface area contributed by atoms with Crippen molar-refractivity contribution in [3.63, 3.8) is 0 Å². The summed E-state index contributed by atoms with van der Waals surface area (Å²) in [7, 11) is 3.13. The predicted molar refractivity (Wildman–Crippen MR) is 90.9 cm³/mol. The standard InChI is InChI=1S/C17H22N4O3/c1-23-13-5-6-16(24-2)15(10-13)19-17(22)14-7-9-21(20-14)12-4-3-8-18-11-12/h5-7,9-10,12,18H,3-4,8,11H2,1-2H3,(H,19,22). The van der Waals surface area contributed by atoms with Gasteiger partial charge in [-0.15, -0.1) is 0 Å². The van der Waals surface area contributed by atoms with Gasteiger partial charge >= 0.3 is 0 Å². The van der Waals surface area contributed by atoms with Crippen molar-refractivity contribution >= 4 is 11.6 Å². The van der Waals surface area contributed by atoms with Gasteiger partial charge in [0.15, 0.2) is 5.69 Å². The number of anilines is 1. The maximum Gasteiger partial charge on any atom is 0.276 e. The number of amides is 1. The highest BCUT2D eigenvalue weighted by Gasteiger charge is 2.18. The Morgan fingerprint density at radius 2 is 2.21 bits per heavy atom. The molecule has 1 aromatic heterocycles. The molecule has 2 N–H and O–H groups in total. The van der Waals surface area contributed by atoms with Crippen molar-refractivity contribution in [1.82, 2.24) is 15.1 Å². The molecule has 2 aromatic rings. The summed E-state index contributed by atoms with van der Waals surface area (Å²) in [6, 6.07) is 7.28. The third-order valence-electron chi connectivity index (χ3n) is 4.14. The van der Waals surface area contributed by atoms with Crippen LogP contribution in [0.4, 0.5) is 5.69 Å². The van der Waals surface area contributed by atoms with Crippen molar-refractivity contribution in [2.24, 2.45) is 0 Å². The Kier molecular flexibility index (Phi) is 5.00. The van der Waals surface area contributed by atoms with E-state index in [1.165, 1.54) is 0 Å². The zero-order chi connectivity index (χ0) is 16.9. The molecule has 1 saturated heterocycles. The van der Waals surface area contributed by atoms with E-state index in [1.54, 1.807) is 38.5 Å². The van der Waals surface area contributed by atoms with Crippen molar-refractivity contribution < 1.29 is 14.3 Å². The van der Waals surface area contributed by atoms with Gasteiger partial charge in [0.2, 0.25) is 0 Å². The molecule has 7 heteroatoms. The van der Waals surface area contributed by atoms with Gasteiger partial charge in [-0.3, -0.25) is 9.48 Å². The van der Waals surface area contributed by atoms with Gasteiger partial charge in [-0.05, 0) is 37.6 Å². The summed E-state index contributed by atoms with van der Waals surface area (Å²) in [5, 5.41) is 10.6. The highest BCUT2D eigenvalue weighted by atomic mass is 16.5. The number of methoxy groups -OCH3 is 2. The van der Waals surface area contributed by atoms with Crippen molar-refractivity contribution in [2.75, 3.05) is 32.6 Å². The highest BCUT2D eigenvalue weighted by molar-refractivity contribution is 6.03. The molecule has 1 aliphatic heterocycles. The van der Waals surface area contributed by atoms with E-state index in [0.29, 0.717) is 28.9 Å². The molecule has 0 bridgehead atoms. The number of carbonyl (C=O) groups is 1. The van der Waals surface area contributed by atoms with Crippen LogP contribution in [-0.2, 0) is 0 Å². The molecule has 1 fully saturated rings. The van der Waals surface area contributed by atoms with E-state index >= 15 is 0 Å². The number of carbonyl (C=O) groups excluding carboxylic acids is 1. The topological polar surface area (TPSA) is 77.4 Å². The minimum Gasteiger partial charge on any atom is -0.497 e. The minimum absolute atomic E-state index is 0.274. The zero-order valence-corrected chi connectivity index (χ0v) is 13.9. The first-order valence-corrected chi connectivity index (χ1v) is 8.00. The van der Waals surface area contributed by atoms with Gasteiger partial charge in [-0.25, -0.2) is 0 Å². The molecule has 0 spiro atoms. The fourth-order valence-corrected chi connectivity index (χ4v) is 2.82. The Bertz CT molecular complexity index is 708. The largest absolute Gasteiger partial charge is 0.497 e. The number of piperidine rings is 1. The number of hydrogen-bond acceptors (Lipinski definition) is 5. The summed E-state index contributed by atoms with van der Waals surface area (Å²) in [6.07, 6.45) is 4.04. The number of aromatic nitrogens is 2. The number of ether oxygens (including phenoxy) is 2. The van der Waals surface area contributed by atoms with Crippen LogP contribution >= 0.6 is 0 Å².